The van der Waals surface area contributed by atoms with E-state index < -0.39 is 16.8 Å². The summed E-state index contributed by atoms with van der Waals surface area (Å²) in [6.45, 7) is 1.84. The van der Waals surface area contributed by atoms with E-state index in [1.807, 2.05) is 13.0 Å². The first-order chi connectivity index (χ1) is 14.8. The average molecular weight is 457 g/mol. The van der Waals surface area contributed by atoms with Crippen molar-refractivity contribution in [2.45, 2.75) is 6.92 Å². The summed E-state index contributed by atoms with van der Waals surface area (Å²) in [7, 11) is 1.27. The number of esters is 1. The number of nitrogens with zero attached hydrogens (tertiary/aromatic N) is 1. The molecule has 0 saturated heterocycles. The Hall–Kier alpha value is -3.49. The van der Waals surface area contributed by atoms with Crippen molar-refractivity contribution in [3.05, 3.63) is 85.7 Å². The number of hydrogen-bond acceptors (Lipinski definition) is 6. The Labute approximate surface area is 187 Å². The van der Waals surface area contributed by atoms with Crippen molar-refractivity contribution in [3.8, 4) is 11.1 Å². The third-order valence-corrected chi connectivity index (χ3v) is 5.59. The van der Waals surface area contributed by atoms with Crippen LogP contribution < -0.4 is 5.32 Å². The van der Waals surface area contributed by atoms with Gasteiger partial charge in [-0.1, -0.05) is 35.9 Å². The van der Waals surface area contributed by atoms with Crippen LogP contribution >= 0.6 is 22.9 Å². The summed E-state index contributed by atoms with van der Waals surface area (Å²) < 4.78 is 4.93. The molecule has 0 aliphatic rings. The second kappa shape index (κ2) is 9.55. The number of nitrogens with one attached hydrogen (secondary N) is 1. The summed E-state index contributed by atoms with van der Waals surface area (Å²) in [5, 5.41) is 14.4. The number of halogens is 1. The minimum atomic E-state index is -0.586. The van der Waals surface area contributed by atoms with E-state index in [2.05, 4.69) is 5.32 Å². The summed E-state index contributed by atoms with van der Waals surface area (Å²) in [6.07, 6.45) is 2.70. The summed E-state index contributed by atoms with van der Waals surface area (Å²) >= 11 is 7.34. The van der Waals surface area contributed by atoms with Crippen LogP contribution in [0.25, 0.3) is 17.2 Å². The van der Waals surface area contributed by atoms with E-state index in [1.54, 1.807) is 24.3 Å². The number of nitro benzene ring substituents is 1. The molecule has 1 amide bonds. The molecule has 1 heterocycles. The Balaban J connectivity index is 1.91. The van der Waals surface area contributed by atoms with E-state index in [0.29, 0.717) is 21.2 Å². The van der Waals surface area contributed by atoms with E-state index in [1.165, 1.54) is 48.8 Å². The molecular weight excluding hydrogens is 440 g/mol. The molecule has 0 atom stereocenters. The molecule has 0 aliphatic carbocycles. The Kier molecular flexibility index (Phi) is 6.84. The number of ether oxygens (including phenoxy) is 1. The van der Waals surface area contributed by atoms with E-state index >= 15 is 0 Å². The maximum atomic E-state index is 12.5. The number of non-ortho nitro benzene ring substituents is 1. The lowest BCUT2D eigenvalue weighted by molar-refractivity contribution is -0.384. The molecule has 3 aromatic rings. The van der Waals surface area contributed by atoms with Crippen molar-refractivity contribution in [3.63, 3.8) is 0 Å². The fourth-order valence-electron chi connectivity index (χ4n) is 2.99. The number of nitro groups is 1. The standard InChI is InChI=1S/C22H17ClN2O5S/c1-13-19(15-6-4-7-16(23)12-15)20(22(27)30-2)21(31-13)24-18(26)10-9-14-5-3-8-17(11-14)25(28)29/h3-12H,1-2H3,(H,24,26)/b10-9+. The molecular formula is C22H17ClN2O5S. The number of amides is 1. The summed E-state index contributed by atoms with van der Waals surface area (Å²) in [4.78, 5) is 36.2. The lowest BCUT2D eigenvalue weighted by Gasteiger charge is -2.07. The molecule has 0 spiro atoms. The van der Waals surface area contributed by atoms with Gasteiger partial charge in [0.2, 0.25) is 5.91 Å². The monoisotopic (exact) mass is 456 g/mol. The fraction of sp³-hybridized carbons (Fsp3) is 0.0909. The van der Waals surface area contributed by atoms with Crippen LogP contribution in [-0.2, 0) is 9.53 Å². The SMILES string of the molecule is COC(=O)c1c(NC(=O)/C=C/c2cccc([N+](=O)[O-])c2)sc(C)c1-c1cccc(Cl)c1. The van der Waals surface area contributed by atoms with Crippen molar-refractivity contribution in [1.82, 2.24) is 0 Å². The molecule has 1 N–H and O–H groups in total. The molecule has 0 fully saturated rings. The van der Waals surface area contributed by atoms with E-state index in [0.717, 1.165) is 10.4 Å². The molecule has 0 unspecified atom stereocenters. The summed E-state index contributed by atoms with van der Waals surface area (Å²) in [5.41, 5.74) is 2.03. The second-order valence-electron chi connectivity index (χ2n) is 6.41. The number of aryl methyl sites for hydroxylation is 1. The van der Waals surface area contributed by atoms with Gasteiger partial charge in [-0.25, -0.2) is 4.79 Å². The number of carbonyl (C=O) groups is 2. The lowest BCUT2D eigenvalue weighted by Crippen LogP contribution is -2.11. The largest absolute Gasteiger partial charge is 0.465 e. The minimum Gasteiger partial charge on any atom is -0.465 e. The molecule has 9 heteroatoms. The highest BCUT2D eigenvalue weighted by Crippen LogP contribution is 2.41. The van der Waals surface area contributed by atoms with E-state index in [9.17, 15) is 19.7 Å². The molecule has 158 valence electrons. The van der Waals surface area contributed by atoms with Crippen LogP contribution in [0, 0.1) is 17.0 Å². The molecule has 31 heavy (non-hydrogen) atoms. The Bertz CT molecular complexity index is 1200. The smallest absolute Gasteiger partial charge is 0.341 e. The van der Waals surface area contributed by atoms with E-state index in [-0.39, 0.29) is 11.3 Å². The van der Waals surface area contributed by atoms with Crippen LogP contribution in [0.4, 0.5) is 10.7 Å². The molecule has 0 aliphatic heterocycles. The highest BCUT2D eigenvalue weighted by Gasteiger charge is 2.25. The number of benzene rings is 2. The van der Waals surface area contributed by atoms with E-state index in [4.69, 9.17) is 16.3 Å². The lowest BCUT2D eigenvalue weighted by atomic mass is 10.0. The predicted molar refractivity (Wildman–Crippen MR) is 122 cm³/mol. The van der Waals surface area contributed by atoms with Crippen molar-refractivity contribution >= 4 is 51.6 Å². The normalized spacial score (nSPS) is 10.8. The molecule has 0 radical (unpaired) electrons. The van der Waals surface area contributed by atoms with Crippen LogP contribution in [0.15, 0.2) is 54.6 Å². The zero-order chi connectivity index (χ0) is 22.5. The Morgan fingerprint density at radius 3 is 2.61 bits per heavy atom. The van der Waals surface area contributed by atoms with Crippen LogP contribution in [0.5, 0.6) is 0 Å². The number of carbonyl (C=O) groups excluding carboxylic acids is 2. The first kappa shape index (κ1) is 22.2. The van der Waals surface area contributed by atoms with Crippen molar-refractivity contribution < 1.29 is 19.2 Å². The maximum Gasteiger partial charge on any atom is 0.341 e. The first-order valence-corrected chi connectivity index (χ1v) is 10.2. The Morgan fingerprint density at radius 1 is 1.19 bits per heavy atom. The highest BCUT2D eigenvalue weighted by atomic mass is 35.5. The number of rotatable bonds is 6. The van der Waals surface area contributed by atoms with Gasteiger partial charge in [0.1, 0.15) is 10.6 Å². The van der Waals surface area contributed by atoms with Gasteiger partial charge in [0.05, 0.1) is 12.0 Å². The molecule has 0 saturated carbocycles. The molecule has 3 rings (SSSR count). The first-order valence-electron chi connectivity index (χ1n) is 9.01. The second-order valence-corrected chi connectivity index (χ2v) is 8.08. The van der Waals surface area contributed by atoms with Gasteiger partial charge in [-0.2, -0.15) is 0 Å². The highest BCUT2D eigenvalue weighted by molar-refractivity contribution is 7.17. The molecule has 1 aromatic heterocycles. The molecule has 0 bridgehead atoms. The minimum absolute atomic E-state index is 0.0735. The van der Waals surface area contributed by atoms with Gasteiger partial charge < -0.3 is 10.1 Å². The quantitative estimate of drug-likeness (QED) is 0.221. The maximum absolute atomic E-state index is 12.5. The van der Waals surface area contributed by atoms with Crippen LogP contribution in [0.2, 0.25) is 5.02 Å². The fourth-order valence-corrected chi connectivity index (χ4v) is 4.25. The van der Waals surface area contributed by atoms with Gasteiger partial charge in [0.25, 0.3) is 5.69 Å². The van der Waals surface area contributed by atoms with Gasteiger partial charge in [-0.3, -0.25) is 14.9 Å². The number of anilines is 1. The van der Waals surface area contributed by atoms with Crippen LogP contribution in [0.3, 0.4) is 0 Å². The molecule has 7 nitrogen and oxygen atoms in total. The molecule has 2 aromatic carbocycles. The Morgan fingerprint density at radius 2 is 1.94 bits per heavy atom. The van der Waals surface area contributed by atoms with Crippen LogP contribution in [-0.4, -0.2) is 23.9 Å². The number of methoxy groups -OCH3 is 1. The third-order valence-electron chi connectivity index (χ3n) is 4.33. The summed E-state index contributed by atoms with van der Waals surface area (Å²) in [6, 6.07) is 13.0. The van der Waals surface area contributed by atoms with Gasteiger partial charge in [0.15, 0.2) is 0 Å². The third kappa shape index (κ3) is 5.17. The zero-order valence-electron chi connectivity index (χ0n) is 16.5. The van der Waals surface area contributed by atoms with Gasteiger partial charge in [-0.15, -0.1) is 11.3 Å². The van der Waals surface area contributed by atoms with Gasteiger partial charge in [-0.05, 0) is 36.3 Å². The number of thiophene rings is 1. The average Bonchev–Trinajstić information content (AvgIpc) is 3.07. The van der Waals surface area contributed by atoms with Crippen molar-refractivity contribution in [2.24, 2.45) is 0 Å². The van der Waals surface area contributed by atoms with Gasteiger partial charge >= 0.3 is 5.97 Å². The summed E-state index contributed by atoms with van der Waals surface area (Å²) in [5.74, 6) is -1.08. The predicted octanol–water partition coefficient (Wildman–Crippen LogP) is 5.72. The number of hydrogen-bond donors (Lipinski definition) is 1. The van der Waals surface area contributed by atoms with Crippen molar-refractivity contribution in [1.29, 1.82) is 0 Å². The van der Waals surface area contributed by atoms with Crippen molar-refractivity contribution in [2.75, 3.05) is 12.4 Å². The zero-order valence-corrected chi connectivity index (χ0v) is 18.1. The van der Waals surface area contributed by atoms with Crippen LogP contribution in [0.1, 0.15) is 20.8 Å². The van der Waals surface area contributed by atoms with Gasteiger partial charge in [0, 0.05) is 33.7 Å². The topological polar surface area (TPSA) is 98.5 Å².